The molecule has 0 amide bonds. The number of aryl methyl sites for hydroxylation is 2. The third kappa shape index (κ3) is 1.32. The van der Waals surface area contributed by atoms with Crippen molar-refractivity contribution >= 4 is 22.4 Å². The van der Waals surface area contributed by atoms with Crippen LogP contribution in [-0.2, 0) is 0 Å². The molecule has 0 aliphatic heterocycles. The molecule has 2 nitrogen and oxygen atoms in total. The van der Waals surface area contributed by atoms with Gasteiger partial charge in [0.05, 0.1) is 5.02 Å². The lowest BCUT2D eigenvalue weighted by molar-refractivity contribution is 1.17. The fourth-order valence-electron chi connectivity index (χ4n) is 1.53. The van der Waals surface area contributed by atoms with Crippen LogP contribution in [0, 0.1) is 13.8 Å². The summed E-state index contributed by atoms with van der Waals surface area (Å²) in [5, 5.41) is 2.10. The predicted octanol–water partition coefficient (Wildman–Crippen LogP) is 2.80. The standard InChI is InChI=1S/C11H10ClNO/c1-6-3-4-8-9(5-6)10(12)7(2)13-11(8)14/h3-5H,1-2H3,(H,13,14). The summed E-state index contributed by atoms with van der Waals surface area (Å²) in [4.78, 5) is 14.3. The number of H-pyrrole nitrogens is 1. The van der Waals surface area contributed by atoms with Gasteiger partial charge >= 0.3 is 0 Å². The monoisotopic (exact) mass is 207 g/mol. The summed E-state index contributed by atoms with van der Waals surface area (Å²) in [5.74, 6) is 0. The minimum Gasteiger partial charge on any atom is -0.324 e. The van der Waals surface area contributed by atoms with Crippen molar-refractivity contribution < 1.29 is 0 Å². The summed E-state index contributed by atoms with van der Waals surface area (Å²) in [6, 6.07) is 5.64. The molecule has 0 spiro atoms. The number of pyridine rings is 1. The van der Waals surface area contributed by atoms with Crippen LogP contribution in [0.4, 0.5) is 0 Å². The van der Waals surface area contributed by atoms with Gasteiger partial charge in [-0.3, -0.25) is 4.79 Å². The normalized spacial score (nSPS) is 10.8. The molecule has 0 aliphatic rings. The average molecular weight is 208 g/mol. The Labute approximate surface area is 86.5 Å². The first-order chi connectivity index (χ1) is 6.59. The van der Waals surface area contributed by atoms with E-state index in [0.29, 0.717) is 10.4 Å². The molecular weight excluding hydrogens is 198 g/mol. The Hall–Kier alpha value is -1.28. The molecule has 1 aromatic heterocycles. The number of rotatable bonds is 0. The molecule has 14 heavy (non-hydrogen) atoms. The van der Waals surface area contributed by atoms with E-state index in [0.717, 1.165) is 16.6 Å². The summed E-state index contributed by atoms with van der Waals surface area (Å²) in [5.41, 5.74) is 1.74. The molecule has 0 saturated heterocycles. The summed E-state index contributed by atoms with van der Waals surface area (Å²) in [6.07, 6.45) is 0. The summed E-state index contributed by atoms with van der Waals surface area (Å²) >= 11 is 6.10. The molecule has 0 fully saturated rings. The van der Waals surface area contributed by atoms with Crippen LogP contribution in [-0.4, -0.2) is 4.98 Å². The molecule has 0 bridgehead atoms. The largest absolute Gasteiger partial charge is 0.324 e. The molecule has 3 heteroatoms. The first-order valence-electron chi connectivity index (χ1n) is 4.38. The SMILES string of the molecule is Cc1ccc2c(=O)[nH]c(C)c(Cl)c2c1. The molecule has 2 rings (SSSR count). The molecule has 1 heterocycles. The molecule has 0 saturated carbocycles. The first-order valence-corrected chi connectivity index (χ1v) is 4.76. The van der Waals surface area contributed by atoms with Crippen LogP contribution >= 0.6 is 11.6 Å². The molecule has 0 aliphatic carbocycles. The molecule has 2 aromatic rings. The Balaban J connectivity index is 3.03. The number of fused-ring (bicyclic) bond motifs is 1. The van der Waals surface area contributed by atoms with Gasteiger partial charge in [-0.15, -0.1) is 0 Å². The Kier molecular flexibility index (Phi) is 2.08. The number of nitrogens with one attached hydrogen (secondary N) is 1. The molecular formula is C11H10ClNO. The van der Waals surface area contributed by atoms with Crippen LogP contribution in [0.15, 0.2) is 23.0 Å². The quantitative estimate of drug-likeness (QED) is 0.708. The van der Waals surface area contributed by atoms with E-state index in [1.165, 1.54) is 0 Å². The predicted molar refractivity (Wildman–Crippen MR) is 59.1 cm³/mol. The highest BCUT2D eigenvalue weighted by molar-refractivity contribution is 6.36. The second-order valence-electron chi connectivity index (χ2n) is 3.44. The number of aromatic nitrogens is 1. The van der Waals surface area contributed by atoms with Crippen LogP contribution in [0.3, 0.4) is 0 Å². The van der Waals surface area contributed by atoms with E-state index in [2.05, 4.69) is 4.98 Å². The van der Waals surface area contributed by atoms with Crippen molar-refractivity contribution in [1.82, 2.24) is 4.98 Å². The Bertz CT molecular complexity index is 557. The van der Waals surface area contributed by atoms with Crippen LogP contribution in [0.25, 0.3) is 10.8 Å². The van der Waals surface area contributed by atoms with Crippen molar-refractivity contribution in [2.45, 2.75) is 13.8 Å². The summed E-state index contributed by atoms with van der Waals surface area (Å²) < 4.78 is 0. The zero-order valence-corrected chi connectivity index (χ0v) is 8.77. The van der Waals surface area contributed by atoms with Crippen molar-refractivity contribution in [2.24, 2.45) is 0 Å². The maximum atomic E-state index is 11.5. The van der Waals surface area contributed by atoms with E-state index in [1.54, 1.807) is 13.0 Å². The fourth-order valence-corrected chi connectivity index (χ4v) is 1.74. The first kappa shape index (κ1) is 9.28. The Morgan fingerprint density at radius 3 is 2.64 bits per heavy atom. The maximum Gasteiger partial charge on any atom is 0.256 e. The van der Waals surface area contributed by atoms with Crippen LogP contribution < -0.4 is 5.56 Å². The zero-order valence-electron chi connectivity index (χ0n) is 8.02. The summed E-state index contributed by atoms with van der Waals surface area (Å²) in [7, 11) is 0. The van der Waals surface area contributed by atoms with Gasteiger partial charge in [0.25, 0.3) is 5.56 Å². The molecule has 0 radical (unpaired) electrons. The Morgan fingerprint density at radius 2 is 1.93 bits per heavy atom. The fraction of sp³-hybridized carbons (Fsp3) is 0.182. The number of halogens is 1. The lowest BCUT2D eigenvalue weighted by atomic mass is 10.1. The van der Waals surface area contributed by atoms with Gasteiger partial charge in [0.2, 0.25) is 0 Å². The van der Waals surface area contributed by atoms with Crippen molar-refractivity contribution in [3.8, 4) is 0 Å². The third-order valence-electron chi connectivity index (χ3n) is 2.29. The highest BCUT2D eigenvalue weighted by Crippen LogP contribution is 2.23. The minimum atomic E-state index is -0.0816. The molecule has 0 atom stereocenters. The zero-order chi connectivity index (χ0) is 10.3. The maximum absolute atomic E-state index is 11.5. The van der Waals surface area contributed by atoms with Gasteiger partial charge in [0.1, 0.15) is 0 Å². The van der Waals surface area contributed by atoms with Crippen molar-refractivity contribution in [2.75, 3.05) is 0 Å². The van der Waals surface area contributed by atoms with Crippen molar-refractivity contribution in [3.05, 3.63) is 44.8 Å². The highest BCUT2D eigenvalue weighted by atomic mass is 35.5. The Morgan fingerprint density at radius 1 is 1.21 bits per heavy atom. The molecule has 1 N–H and O–H groups in total. The van der Waals surface area contributed by atoms with Crippen molar-refractivity contribution in [1.29, 1.82) is 0 Å². The van der Waals surface area contributed by atoms with Crippen LogP contribution in [0.1, 0.15) is 11.3 Å². The topological polar surface area (TPSA) is 32.9 Å². The van der Waals surface area contributed by atoms with Crippen LogP contribution in [0.5, 0.6) is 0 Å². The van der Waals surface area contributed by atoms with Gasteiger partial charge in [-0.25, -0.2) is 0 Å². The van der Waals surface area contributed by atoms with Crippen molar-refractivity contribution in [3.63, 3.8) is 0 Å². The summed E-state index contributed by atoms with van der Waals surface area (Å²) in [6.45, 7) is 3.78. The number of benzene rings is 1. The van der Waals surface area contributed by atoms with Crippen LogP contribution in [0.2, 0.25) is 5.02 Å². The third-order valence-corrected chi connectivity index (χ3v) is 2.77. The van der Waals surface area contributed by atoms with Gasteiger partial charge in [-0.2, -0.15) is 0 Å². The van der Waals surface area contributed by atoms with Gasteiger partial charge in [-0.1, -0.05) is 23.2 Å². The molecule has 72 valence electrons. The smallest absolute Gasteiger partial charge is 0.256 e. The van der Waals surface area contributed by atoms with E-state index in [9.17, 15) is 4.79 Å². The van der Waals surface area contributed by atoms with Gasteiger partial charge < -0.3 is 4.98 Å². The highest BCUT2D eigenvalue weighted by Gasteiger charge is 2.05. The lowest BCUT2D eigenvalue weighted by Gasteiger charge is -2.03. The number of hydrogen-bond donors (Lipinski definition) is 1. The van der Waals surface area contributed by atoms with E-state index in [-0.39, 0.29) is 5.56 Å². The van der Waals surface area contributed by atoms with E-state index < -0.39 is 0 Å². The molecule has 0 unspecified atom stereocenters. The van der Waals surface area contributed by atoms with Gasteiger partial charge in [0.15, 0.2) is 0 Å². The van der Waals surface area contributed by atoms with E-state index in [1.807, 2.05) is 19.1 Å². The number of aromatic amines is 1. The van der Waals surface area contributed by atoms with Gasteiger partial charge in [-0.05, 0) is 26.0 Å². The average Bonchev–Trinajstić information content (AvgIpc) is 2.14. The van der Waals surface area contributed by atoms with E-state index >= 15 is 0 Å². The minimum absolute atomic E-state index is 0.0816. The van der Waals surface area contributed by atoms with E-state index in [4.69, 9.17) is 11.6 Å². The molecule has 1 aromatic carbocycles. The number of hydrogen-bond acceptors (Lipinski definition) is 1. The van der Waals surface area contributed by atoms with Gasteiger partial charge in [0, 0.05) is 16.5 Å². The second kappa shape index (κ2) is 3.14. The second-order valence-corrected chi connectivity index (χ2v) is 3.82. The lowest BCUT2D eigenvalue weighted by Crippen LogP contribution is -2.08.